The van der Waals surface area contributed by atoms with E-state index in [1.54, 1.807) is 35.2 Å². The maximum atomic E-state index is 12.3. The van der Waals surface area contributed by atoms with E-state index < -0.39 is 0 Å². The van der Waals surface area contributed by atoms with E-state index in [9.17, 15) is 9.59 Å². The van der Waals surface area contributed by atoms with E-state index in [2.05, 4.69) is 5.32 Å². The van der Waals surface area contributed by atoms with Gasteiger partial charge >= 0.3 is 0 Å². The first-order valence-electron chi connectivity index (χ1n) is 8.74. The van der Waals surface area contributed by atoms with E-state index >= 15 is 0 Å². The standard InChI is InChI=1S/C20H20Cl2N2O3/c21-17-7-6-16(12-18(17)22)27-13-19(25)24-10-8-15(9-11-24)23-20(26)14-4-2-1-3-5-14/h1-7,12,15H,8-11,13H2,(H,23,26). The third kappa shape index (κ3) is 5.37. The lowest BCUT2D eigenvalue weighted by atomic mass is 10.0. The number of halogens is 2. The molecule has 7 heteroatoms. The summed E-state index contributed by atoms with van der Waals surface area (Å²) in [4.78, 5) is 26.3. The van der Waals surface area contributed by atoms with Gasteiger partial charge in [-0.05, 0) is 37.1 Å². The van der Waals surface area contributed by atoms with Crippen molar-refractivity contribution in [2.24, 2.45) is 0 Å². The van der Waals surface area contributed by atoms with Gasteiger partial charge < -0.3 is 15.0 Å². The molecule has 0 aromatic heterocycles. The summed E-state index contributed by atoms with van der Waals surface area (Å²) >= 11 is 11.8. The van der Waals surface area contributed by atoms with Crippen LogP contribution in [0.2, 0.25) is 10.0 Å². The van der Waals surface area contributed by atoms with Crippen LogP contribution in [0.5, 0.6) is 5.75 Å². The summed E-state index contributed by atoms with van der Waals surface area (Å²) in [6, 6.07) is 14.1. The fourth-order valence-corrected chi connectivity index (χ4v) is 3.22. The van der Waals surface area contributed by atoms with Gasteiger partial charge in [0.05, 0.1) is 10.0 Å². The van der Waals surface area contributed by atoms with Gasteiger partial charge in [0.1, 0.15) is 5.75 Å². The number of nitrogens with zero attached hydrogens (tertiary/aromatic N) is 1. The van der Waals surface area contributed by atoms with E-state index in [1.807, 2.05) is 18.2 Å². The Bertz CT molecular complexity index is 806. The second-order valence-electron chi connectivity index (χ2n) is 6.36. The highest BCUT2D eigenvalue weighted by atomic mass is 35.5. The summed E-state index contributed by atoms with van der Waals surface area (Å²) in [5.74, 6) is 0.333. The Kier molecular flexibility index (Phi) is 6.58. The minimum absolute atomic E-state index is 0.0565. The van der Waals surface area contributed by atoms with Crippen molar-refractivity contribution in [1.29, 1.82) is 0 Å². The SMILES string of the molecule is O=C(NC1CCN(C(=O)COc2ccc(Cl)c(Cl)c2)CC1)c1ccccc1. The molecule has 0 aliphatic carbocycles. The van der Waals surface area contributed by atoms with E-state index in [0.717, 1.165) is 12.8 Å². The first-order chi connectivity index (χ1) is 13.0. The summed E-state index contributed by atoms with van der Waals surface area (Å²) in [5, 5.41) is 3.85. The molecule has 5 nitrogen and oxygen atoms in total. The summed E-state index contributed by atoms with van der Waals surface area (Å²) < 4.78 is 5.50. The minimum Gasteiger partial charge on any atom is -0.484 e. The van der Waals surface area contributed by atoms with E-state index in [4.69, 9.17) is 27.9 Å². The molecule has 0 atom stereocenters. The number of amides is 2. The lowest BCUT2D eigenvalue weighted by molar-refractivity contribution is -0.134. The fraction of sp³-hybridized carbons (Fsp3) is 0.300. The Labute approximate surface area is 168 Å². The minimum atomic E-state index is -0.0890. The quantitative estimate of drug-likeness (QED) is 0.821. The molecule has 0 saturated carbocycles. The van der Waals surface area contributed by atoms with Crippen molar-refractivity contribution in [1.82, 2.24) is 10.2 Å². The number of ether oxygens (including phenoxy) is 1. The van der Waals surface area contributed by atoms with Gasteiger partial charge in [0.25, 0.3) is 11.8 Å². The van der Waals surface area contributed by atoms with Crippen molar-refractivity contribution in [2.45, 2.75) is 18.9 Å². The number of hydrogen-bond donors (Lipinski definition) is 1. The molecule has 142 valence electrons. The fourth-order valence-electron chi connectivity index (χ4n) is 2.93. The topological polar surface area (TPSA) is 58.6 Å². The van der Waals surface area contributed by atoms with Crippen LogP contribution in [-0.4, -0.2) is 42.5 Å². The van der Waals surface area contributed by atoms with Crippen LogP contribution in [0.15, 0.2) is 48.5 Å². The molecule has 1 saturated heterocycles. The zero-order valence-corrected chi connectivity index (χ0v) is 16.2. The van der Waals surface area contributed by atoms with Crippen LogP contribution in [0.25, 0.3) is 0 Å². The second kappa shape index (κ2) is 9.11. The van der Waals surface area contributed by atoms with Crippen molar-refractivity contribution >= 4 is 35.0 Å². The Morgan fingerprint density at radius 1 is 1.04 bits per heavy atom. The Balaban J connectivity index is 1.43. The van der Waals surface area contributed by atoms with Crippen molar-refractivity contribution in [3.8, 4) is 5.75 Å². The molecular weight excluding hydrogens is 387 g/mol. The zero-order valence-electron chi connectivity index (χ0n) is 14.7. The first kappa shape index (κ1) is 19.5. The maximum Gasteiger partial charge on any atom is 0.260 e. The number of carbonyl (C=O) groups is 2. The molecule has 2 aromatic carbocycles. The van der Waals surface area contributed by atoms with Crippen molar-refractivity contribution in [2.75, 3.05) is 19.7 Å². The molecule has 1 fully saturated rings. The molecule has 0 radical (unpaired) electrons. The molecule has 1 N–H and O–H groups in total. The largest absolute Gasteiger partial charge is 0.484 e. The van der Waals surface area contributed by atoms with E-state index in [-0.39, 0.29) is 24.5 Å². The van der Waals surface area contributed by atoms with Crippen molar-refractivity contribution < 1.29 is 14.3 Å². The van der Waals surface area contributed by atoms with Crippen LogP contribution >= 0.6 is 23.2 Å². The number of nitrogens with one attached hydrogen (secondary N) is 1. The van der Waals surface area contributed by atoms with Crippen LogP contribution in [0.1, 0.15) is 23.2 Å². The third-order valence-electron chi connectivity index (χ3n) is 4.47. The number of likely N-dealkylation sites (tertiary alicyclic amines) is 1. The number of benzene rings is 2. The van der Waals surface area contributed by atoms with E-state index in [1.165, 1.54) is 0 Å². The summed E-state index contributed by atoms with van der Waals surface area (Å²) in [6.45, 7) is 1.12. The average Bonchev–Trinajstić information content (AvgIpc) is 2.70. The summed E-state index contributed by atoms with van der Waals surface area (Å²) in [5.41, 5.74) is 0.644. The molecular formula is C20H20Cl2N2O3. The van der Waals surface area contributed by atoms with Crippen LogP contribution < -0.4 is 10.1 Å². The molecule has 3 rings (SSSR count). The number of hydrogen-bond acceptors (Lipinski definition) is 3. The molecule has 1 aliphatic heterocycles. The molecule has 1 heterocycles. The van der Waals surface area contributed by atoms with Gasteiger partial charge in [-0.1, -0.05) is 41.4 Å². The van der Waals surface area contributed by atoms with E-state index in [0.29, 0.717) is 34.4 Å². The van der Waals surface area contributed by atoms with Gasteiger partial charge in [-0.15, -0.1) is 0 Å². The Morgan fingerprint density at radius 2 is 1.74 bits per heavy atom. The highest BCUT2D eigenvalue weighted by Gasteiger charge is 2.24. The predicted molar refractivity (Wildman–Crippen MR) is 105 cm³/mol. The van der Waals surface area contributed by atoms with Gasteiger partial charge in [-0.25, -0.2) is 0 Å². The van der Waals surface area contributed by atoms with Crippen LogP contribution in [0, 0.1) is 0 Å². The molecule has 0 bridgehead atoms. The van der Waals surface area contributed by atoms with Crippen molar-refractivity contribution in [3.63, 3.8) is 0 Å². The Hall–Kier alpha value is -2.24. The maximum absolute atomic E-state index is 12.3. The van der Waals surface area contributed by atoms with Gasteiger partial charge in [0.2, 0.25) is 0 Å². The third-order valence-corrected chi connectivity index (χ3v) is 5.21. The van der Waals surface area contributed by atoms with Gasteiger partial charge in [0, 0.05) is 30.8 Å². The van der Waals surface area contributed by atoms with Crippen LogP contribution in [-0.2, 0) is 4.79 Å². The van der Waals surface area contributed by atoms with Crippen molar-refractivity contribution in [3.05, 3.63) is 64.1 Å². The number of carbonyl (C=O) groups excluding carboxylic acids is 2. The van der Waals surface area contributed by atoms with Crippen LogP contribution in [0.3, 0.4) is 0 Å². The monoisotopic (exact) mass is 406 g/mol. The smallest absolute Gasteiger partial charge is 0.260 e. The number of rotatable bonds is 5. The molecule has 2 aromatic rings. The molecule has 27 heavy (non-hydrogen) atoms. The van der Waals surface area contributed by atoms with Crippen LogP contribution in [0.4, 0.5) is 0 Å². The first-order valence-corrected chi connectivity index (χ1v) is 9.50. The van der Waals surface area contributed by atoms with Gasteiger partial charge in [-0.2, -0.15) is 0 Å². The average molecular weight is 407 g/mol. The number of piperidine rings is 1. The lowest BCUT2D eigenvalue weighted by Crippen LogP contribution is -2.47. The summed E-state index contributed by atoms with van der Waals surface area (Å²) in [6.07, 6.45) is 1.44. The lowest BCUT2D eigenvalue weighted by Gasteiger charge is -2.32. The molecule has 2 amide bonds. The molecule has 0 spiro atoms. The summed E-state index contributed by atoms with van der Waals surface area (Å²) in [7, 11) is 0. The Morgan fingerprint density at radius 3 is 2.41 bits per heavy atom. The normalized spacial score (nSPS) is 14.7. The highest BCUT2D eigenvalue weighted by molar-refractivity contribution is 6.42. The highest BCUT2D eigenvalue weighted by Crippen LogP contribution is 2.26. The molecule has 0 unspecified atom stereocenters. The molecule has 1 aliphatic rings. The zero-order chi connectivity index (χ0) is 19.2. The van der Waals surface area contributed by atoms with Gasteiger partial charge in [0.15, 0.2) is 6.61 Å². The van der Waals surface area contributed by atoms with Gasteiger partial charge in [-0.3, -0.25) is 9.59 Å². The second-order valence-corrected chi connectivity index (χ2v) is 7.17. The predicted octanol–water partition coefficient (Wildman–Crippen LogP) is 3.79.